The Balaban J connectivity index is -0.0000000279. The van der Waals surface area contributed by atoms with E-state index in [1.807, 2.05) is 6.79 Å². The minimum absolute atomic E-state index is 0. The van der Waals surface area contributed by atoms with Crippen molar-refractivity contribution in [3.63, 3.8) is 0 Å². The number of hydrogen-bond donors (Lipinski definition) is 0. The van der Waals surface area contributed by atoms with Crippen LogP contribution in [0.3, 0.4) is 0 Å². The summed E-state index contributed by atoms with van der Waals surface area (Å²) in [6.45, 7) is 5.89. The van der Waals surface area contributed by atoms with Crippen LogP contribution in [-0.4, -0.2) is 30.7 Å². The Labute approximate surface area is 123 Å². The van der Waals surface area contributed by atoms with E-state index in [0.29, 0.717) is 0 Å². The smallest absolute Gasteiger partial charge is 0.550 e. The van der Waals surface area contributed by atoms with E-state index in [4.69, 9.17) is 44.4 Å². The molecule has 0 saturated carbocycles. The molecule has 0 unspecified atom stereocenters. The maximum Gasteiger partial charge on any atom is 4.00 e. The summed E-state index contributed by atoms with van der Waals surface area (Å²) in [4.78, 5) is 43.6. The molecule has 10 heteroatoms. The third kappa shape index (κ3) is 974. The van der Waals surface area contributed by atoms with Crippen LogP contribution in [0.25, 0.3) is 0 Å². The molecular formula is C9H14O9Ru. The van der Waals surface area contributed by atoms with E-state index in [9.17, 15) is 0 Å². The minimum Gasteiger partial charge on any atom is -0.550 e. The molecule has 0 aromatic heterocycles. The fourth-order valence-electron chi connectivity index (χ4n) is 0. The third-order valence-corrected chi connectivity index (χ3v) is 0. The summed E-state index contributed by atoms with van der Waals surface area (Å²) in [5, 5.41) is 35.6. The van der Waals surface area contributed by atoms with Crippen molar-refractivity contribution in [3.8, 4) is 0 Å². The zero-order chi connectivity index (χ0) is 16.3. The van der Waals surface area contributed by atoms with Crippen LogP contribution in [-0.2, 0) is 43.5 Å². The Kier molecular flexibility index (Phi) is 68.1. The molecule has 0 atom stereocenters. The van der Waals surface area contributed by atoms with Gasteiger partial charge >= 0.3 is 19.5 Å². The average molecular weight is 367 g/mol. The molecule has 0 aromatic carbocycles. The molecule has 0 saturated heterocycles. The van der Waals surface area contributed by atoms with Gasteiger partial charge in [-0.1, -0.05) is 0 Å². The van der Waals surface area contributed by atoms with Crippen molar-refractivity contribution in [2.24, 2.45) is 0 Å². The standard InChI is InChI=1S/4C2H4O2.CH2O.Ru/c4*1-2(3)4;1-2;/h4*1H3,(H,3,4);1H2;/q;;;;;+4/p-4. The minimum atomic E-state index is -1.08. The first-order valence-electron chi connectivity index (χ1n) is 3.92. The molecule has 0 N–H and O–H groups in total. The maximum atomic E-state index is 8.89. The van der Waals surface area contributed by atoms with Crippen molar-refractivity contribution in [1.29, 1.82) is 0 Å². The predicted molar refractivity (Wildman–Crippen MR) is 49.8 cm³/mol. The number of carboxylic acids is 4. The quantitative estimate of drug-likeness (QED) is 0.378. The summed E-state index contributed by atoms with van der Waals surface area (Å²) < 4.78 is 0. The molecule has 0 spiro atoms. The Morgan fingerprint density at radius 3 is 0.579 bits per heavy atom. The number of rotatable bonds is 0. The molecule has 0 rings (SSSR count). The zero-order valence-electron chi connectivity index (χ0n) is 10.7. The summed E-state index contributed by atoms with van der Waals surface area (Å²) >= 11 is 0. The van der Waals surface area contributed by atoms with Crippen molar-refractivity contribution < 1.29 is 63.9 Å². The second kappa shape index (κ2) is 36.0. The van der Waals surface area contributed by atoms with Gasteiger partial charge < -0.3 is 44.4 Å². The molecule has 0 aliphatic carbocycles. The van der Waals surface area contributed by atoms with Gasteiger partial charge in [0.2, 0.25) is 0 Å². The first-order chi connectivity index (χ1) is 7.93. The molecule has 0 aromatic rings. The van der Waals surface area contributed by atoms with Crippen LogP contribution >= 0.6 is 0 Å². The van der Waals surface area contributed by atoms with Crippen molar-refractivity contribution in [2.75, 3.05) is 0 Å². The van der Waals surface area contributed by atoms with E-state index in [-0.39, 0.29) is 19.5 Å². The molecular weight excluding hydrogens is 353 g/mol. The molecule has 0 fully saturated rings. The van der Waals surface area contributed by atoms with Gasteiger partial charge in [-0.15, -0.1) is 0 Å². The topological polar surface area (TPSA) is 178 Å². The van der Waals surface area contributed by atoms with Gasteiger partial charge in [-0.25, -0.2) is 0 Å². The van der Waals surface area contributed by atoms with Gasteiger partial charge in [0, 0.05) is 23.9 Å². The van der Waals surface area contributed by atoms with Crippen LogP contribution in [0.15, 0.2) is 0 Å². The van der Waals surface area contributed by atoms with Gasteiger partial charge in [0.15, 0.2) is 0 Å². The number of carbonyl (C=O) groups is 5. The molecule has 0 amide bonds. The fraction of sp³-hybridized carbons (Fsp3) is 0.444. The van der Waals surface area contributed by atoms with Crippen molar-refractivity contribution in [2.45, 2.75) is 27.7 Å². The van der Waals surface area contributed by atoms with E-state index in [1.54, 1.807) is 0 Å². The van der Waals surface area contributed by atoms with Gasteiger partial charge in [-0.3, -0.25) is 0 Å². The van der Waals surface area contributed by atoms with E-state index in [1.165, 1.54) is 0 Å². The second-order valence-electron chi connectivity index (χ2n) is 1.97. The Morgan fingerprint density at radius 1 is 0.579 bits per heavy atom. The fourth-order valence-corrected chi connectivity index (χ4v) is 0. The Hall–Kier alpha value is -1.83. The van der Waals surface area contributed by atoms with Crippen LogP contribution in [0.5, 0.6) is 0 Å². The van der Waals surface area contributed by atoms with Crippen LogP contribution in [0, 0.1) is 0 Å². The first kappa shape index (κ1) is 36.0. The van der Waals surface area contributed by atoms with E-state index >= 15 is 0 Å². The van der Waals surface area contributed by atoms with E-state index in [2.05, 4.69) is 0 Å². The Morgan fingerprint density at radius 2 is 0.579 bits per heavy atom. The number of carbonyl (C=O) groups excluding carboxylic acids is 5. The second-order valence-corrected chi connectivity index (χ2v) is 1.97. The van der Waals surface area contributed by atoms with E-state index < -0.39 is 23.9 Å². The number of carboxylic acid groups (broad SMARTS) is 4. The molecule has 112 valence electrons. The molecule has 0 aliphatic heterocycles. The van der Waals surface area contributed by atoms with Crippen molar-refractivity contribution in [3.05, 3.63) is 0 Å². The van der Waals surface area contributed by atoms with Crippen LogP contribution in [0.2, 0.25) is 0 Å². The summed E-state index contributed by atoms with van der Waals surface area (Å²) in [6, 6.07) is 0. The van der Waals surface area contributed by atoms with Gasteiger partial charge in [0.05, 0.1) is 0 Å². The van der Waals surface area contributed by atoms with E-state index in [0.717, 1.165) is 27.7 Å². The van der Waals surface area contributed by atoms with Crippen molar-refractivity contribution >= 4 is 30.7 Å². The largest absolute Gasteiger partial charge is 4.00 e. The van der Waals surface area contributed by atoms with Gasteiger partial charge in [-0.05, 0) is 27.7 Å². The van der Waals surface area contributed by atoms with Crippen molar-refractivity contribution in [1.82, 2.24) is 0 Å². The van der Waals surface area contributed by atoms with Crippen LogP contribution in [0.4, 0.5) is 0 Å². The number of aliphatic carboxylic acids is 4. The monoisotopic (exact) mass is 368 g/mol. The molecule has 0 heterocycles. The van der Waals surface area contributed by atoms with Crippen LogP contribution in [0.1, 0.15) is 27.7 Å². The average Bonchev–Trinajstić information content (AvgIpc) is 2.01. The zero-order valence-corrected chi connectivity index (χ0v) is 12.5. The van der Waals surface area contributed by atoms with Gasteiger partial charge in [0.25, 0.3) is 0 Å². The molecule has 19 heavy (non-hydrogen) atoms. The summed E-state index contributed by atoms with van der Waals surface area (Å²) in [5.41, 5.74) is 0. The van der Waals surface area contributed by atoms with Crippen LogP contribution < -0.4 is 20.4 Å². The maximum absolute atomic E-state index is 8.89. The summed E-state index contributed by atoms with van der Waals surface area (Å²) in [6.07, 6.45) is 0. The molecule has 0 bridgehead atoms. The molecule has 9 nitrogen and oxygen atoms in total. The number of hydrogen-bond acceptors (Lipinski definition) is 9. The molecule has 0 aliphatic rings. The first-order valence-corrected chi connectivity index (χ1v) is 3.92. The SMILES string of the molecule is C=O.CC(=O)[O-].CC(=O)[O-].CC(=O)[O-].CC(=O)[O-].[Ru+4]. The normalized spacial score (nSPS) is 5.47. The Bertz CT molecular complexity index is 176. The van der Waals surface area contributed by atoms with Gasteiger partial charge in [-0.2, -0.15) is 0 Å². The summed E-state index contributed by atoms with van der Waals surface area (Å²) in [7, 11) is 0. The van der Waals surface area contributed by atoms with Gasteiger partial charge in [0.1, 0.15) is 6.79 Å². The molecule has 0 radical (unpaired) electrons. The summed E-state index contributed by atoms with van der Waals surface area (Å²) in [5.74, 6) is -4.33. The third-order valence-electron chi connectivity index (χ3n) is 0. The predicted octanol–water partition coefficient (Wildman–Crippen LogP) is -5.16.